The lowest BCUT2D eigenvalue weighted by atomic mass is 9.96. The van der Waals surface area contributed by atoms with Gasteiger partial charge in [-0.15, -0.1) is 0 Å². The molecule has 0 aliphatic carbocycles. The van der Waals surface area contributed by atoms with Crippen LogP contribution < -0.4 is 0 Å². The molecular weight excluding hydrogens is 208 g/mol. The summed E-state index contributed by atoms with van der Waals surface area (Å²) in [5.74, 6) is 0.357. The van der Waals surface area contributed by atoms with Crippen LogP contribution >= 0.6 is 0 Å². The Morgan fingerprint density at radius 3 is 2.47 bits per heavy atom. The second kappa shape index (κ2) is 5.53. The Labute approximate surface area is 103 Å². The third kappa shape index (κ3) is 2.88. The molecule has 0 atom stereocenters. The van der Waals surface area contributed by atoms with E-state index in [0.717, 1.165) is 12.8 Å². The van der Waals surface area contributed by atoms with Gasteiger partial charge in [-0.25, -0.2) is 0 Å². The van der Waals surface area contributed by atoms with Crippen LogP contribution in [0, 0.1) is 0 Å². The lowest BCUT2D eigenvalue weighted by Gasteiger charge is -2.10. The van der Waals surface area contributed by atoms with Crippen molar-refractivity contribution in [3.8, 4) is 16.9 Å². The predicted molar refractivity (Wildman–Crippen MR) is 72.2 cm³/mol. The minimum absolute atomic E-state index is 0.357. The maximum Gasteiger partial charge on any atom is 0.115 e. The van der Waals surface area contributed by atoms with E-state index >= 15 is 0 Å². The Bertz CT molecular complexity index is 474. The van der Waals surface area contributed by atoms with Crippen molar-refractivity contribution >= 4 is 0 Å². The molecule has 0 heterocycles. The van der Waals surface area contributed by atoms with Gasteiger partial charge in [-0.2, -0.15) is 0 Å². The normalized spacial score (nSPS) is 10.4. The number of unbranched alkanes of at least 4 members (excludes halogenated alkanes) is 1. The molecule has 88 valence electrons. The fourth-order valence-electron chi connectivity index (χ4n) is 2.05. The van der Waals surface area contributed by atoms with E-state index in [-0.39, 0.29) is 0 Å². The van der Waals surface area contributed by atoms with Gasteiger partial charge >= 0.3 is 0 Å². The van der Waals surface area contributed by atoms with Gasteiger partial charge < -0.3 is 5.11 Å². The second-order valence-corrected chi connectivity index (χ2v) is 4.31. The van der Waals surface area contributed by atoms with Crippen LogP contribution in [0.3, 0.4) is 0 Å². The van der Waals surface area contributed by atoms with E-state index in [1.54, 1.807) is 6.07 Å². The first kappa shape index (κ1) is 11.7. The average molecular weight is 226 g/mol. The summed E-state index contributed by atoms with van der Waals surface area (Å²) in [5.41, 5.74) is 3.69. The van der Waals surface area contributed by atoms with Crippen molar-refractivity contribution in [2.24, 2.45) is 0 Å². The molecule has 0 unspecified atom stereocenters. The van der Waals surface area contributed by atoms with Crippen LogP contribution in [0.25, 0.3) is 11.1 Å². The molecule has 1 nitrogen and oxygen atoms in total. The molecule has 2 aromatic rings. The number of hydrogen-bond acceptors (Lipinski definition) is 1. The van der Waals surface area contributed by atoms with Crippen LogP contribution in [0.5, 0.6) is 5.75 Å². The Kier molecular flexibility index (Phi) is 3.81. The topological polar surface area (TPSA) is 20.2 Å². The van der Waals surface area contributed by atoms with Gasteiger partial charge in [0, 0.05) is 0 Å². The lowest BCUT2D eigenvalue weighted by Crippen LogP contribution is -1.90. The van der Waals surface area contributed by atoms with Crippen LogP contribution in [0.1, 0.15) is 25.3 Å². The van der Waals surface area contributed by atoms with E-state index in [0.29, 0.717) is 5.75 Å². The molecule has 0 aliphatic rings. The maximum absolute atomic E-state index is 9.58. The fourth-order valence-corrected chi connectivity index (χ4v) is 2.05. The second-order valence-electron chi connectivity index (χ2n) is 4.31. The third-order valence-electron chi connectivity index (χ3n) is 2.97. The van der Waals surface area contributed by atoms with Crippen LogP contribution in [0.4, 0.5) is 0 Å². The van der Waals surface area contributed by atoms with Gasteiger partial charge in [0.2, 0.25) is 0 Å². The van der Waals surface area contributed by atoms with E-state index in [1.807, 2.05) is 30.3 Å². The van der Waals surface area contributed by atoms with Crippen LogP contribution in [0.15, 0.2) is 48.5 Å². The first-order valence-electron chi connectivity index (χ1n) is 6.18. The van der Waals surface area contributed by atoms with Crippen LogP contribution in [-0.4, -0.2) is 5.11 Å². The summed E-state index contributed by atoms with van der Waals surface area (Å²) in [5, 5.41) is 9.58. The summed E-state index contributed by atoms with van der Waals surface area (Å²) in [4.78, 5) is 0. The van der Waals surface area contributed by atoms with Crippen molar-refractivity contribution in [2.75, 3.05) is 0 Å². The van der Waals surface area contributed by atoms with Gasteiger partial charge in [0.1, 0.15) is 5.75 Å². The molecule has 0 amide bonds. The maximum atomic E-state index is 9.58. The molecule has 2 rings (SSSR count). The van der Waals surface area contributed by atoms with E-state index in [2.05, 4.69) is 19.1 Å². The summed E-state index contributed by atoms with van der Waals surface area (Å²) in [6, 6.07) is 16.0. The molecule has 1 heteroatoms. The molecule has 2 aromatic carbocycles. The number of phenols is 1. The molecule has 17 heavy (non-hydrogen) atoms. The molecule has 0 saturated carbocycles. The third-order valence-corrected chi connectivity index (χ3v) is 2.97. The van der Waals surface area contributed by atoms with Crippen molar-refractivity contribution in [1.29, 1.82) is 0 Å². The van der Waals surface area contributed by atoms with Crippen LogP contribution in [-0.2, 0) is 6.42 Å². The zero-order valence-corrected chi connectivity index (χ0v) is 10.2. The average Bonchev–Trinajstić information content (AvgIpc) is 2.37. The standard InChI is InChI=1S/C16H18O/c1-2-3-7-14-12-15(17)10-11-16(14)13-8-5-4-6-9-13/h4-6,8-12,17H,2-3,7H2,1H3. The molecule has 0 bridgehead atoms. The highest BCUT2D eigenvalue weighted by Gasteiger charge is 2.05. The number of aromatic hydroxyl groups is 1. The summed E-state index contributed by atoms with van der Waals surface area (Å²) in [6.07, 6.45) is 3.35. The Morgan fingerprint density at radius 1 is 1.00 bits per heavy atom. The quantitative estimate of drug-likeness (QED) is 0.819. The predicted octanol–water partition coefficient (Wildman–Crippen LogP) is 4.40. The van der Waals surface area contributed by atoms with Gasteiger partial charge in [-0.1, -0.05) is 49.7 Å². The largest absolute Gasteiger partial charge is 0.508 e. The number of hydrogen-bond donors (Lipinski definition) is 1. The van der Waals surface area contributed by atoms with E-state index in [1.165, 1.54) is 23.1 Å². The van der Waals surface area contributed by atoms with Gasteiger partial charge in [0.25, 0.3) is 0 Å². The van der Waals surface area contributed by atoms with Gasteiger partial charge in [-0.05, 0) is 41.7 Å². The monoisotopic (exact) mass is 226 g/mol. The van der Waals surface area contributed by atoms with Gasteiger partial charge in [-0.3, -0.25) is 0 Å². The summed E-state index contributed by atoms with van der Waals surface area (Å²) < 4.78 is 0. The Balaban J connectivity index is 2.39. The zero-order valence-electron chi connectivity index (χ0n) is 10.2. The molecule has 0 fully saturated rings. The molecule has 1 N–H and O–H groups in total. The minimum Gasteiger partial charge on any atom is -0.508 e. The van der Waals surface area contributed by atoms with Crippen molar-refractivity contribution in [2.45, 2.75) is 26.2 Å². The van der Waals surface area contributed by atoms with Crippen molar-refractivity contribution in [3.05, 3.63) is 54.1 Å². The molecule has 0 spiro atoms. The number of phenolic OH excluding ortho intramolecular Hbond substituents is 1. The summed E-state index contributed by atoms with van der Waals surface area (Å²) in [6.45, 7) is 2.19. The van der Waals surface area contributed by atoms with Crippen molar-refractivity contribution in [1.82, 2.24) is 0 Å². The first-order chi connectivity index (χ1) is 8.31. The number of rotatable bonds is 4. The zero-order chi connectivity index (χ0) is 12.1. The highest BCUT2D eigenvalue weighted by Crippen LogP contribution is 2.28. The molecular formula is C16H18O. The molecule has 0 aliphatic heterocycles. The van der Waals surface area contributed by atoms with Crippen molar-refractivity contribution < 1.29 is 5.11 Å². The first-order valence-corrected chi connectivity index (χ1v) is 6.18. The van der Waals surface area contributed by atoms with Gasteiger partial charge in [0.15, 0.2) is 0 Å². The Hall–Kier alpha value is -1.76. The molecule has 0 radical (unpaired) electrons. The smallest absolute Gasteiger partial charge is 0.115 e. The number of aryl methyl sites for hydroxylation is 1. The van der Waals surface area contributed by atoms with E-state index in [4.69, 9.17) is 0 Å². The van der Waals surface area contributed by atoms with Crippen LogP contribution in [0.2, 0.25) is 0 Å². The molecule has 0 aromatic heterocycles. The van der Waals surface area contributed by atoms with Crippen molar-refractivity contribution in [3.63, 3.8) is 0 Å². The highest BCUT2D eigenvalue weighted by molar-refractivity contribution is 5.68. The summed E-state index contributed by atoms with van der Waals surface area (Å²) >= 11 is 0. The number of benzene rings is 2. The van der Waals surface area contributed by atoms with Gasteiger partial charge in [0.05, 0.1) is 0 Å². The fraction of sp³-hybridized carbons (Fsp3) is 0.250. The van der Waals surface area contributed by atoms with E-state index < -0.39 is 0 Å². The Morgan fingerprint density at radius 2 is 1.76 bits per heavy atom. The summed E-state index contributed by atoms with van der Waals surface area (Å²) in [7, 11) is 0. The minimum atomic E-state index is 0.357. The molecule has 0 saturated heterocycles. The highest BCUT2D eigenvalue weighted by atomic mass is 16.3. The lowest BCUT2D eigenvalue weighted by molar-refractivity contribution is 0.474. The SMILES string of the molecule is CCCCc1cc(O)ccc1-c1ccccc1. The van der Waals surface area contributed by atoms with E-state index in [9.17, 15) is 5.11 Å².